The third-order valence-corrected chi connectivity index (χ3v) is 5.16. The van der Waals surface area contributed by atoms with Crippen molar-refractivity contribution >= 4 is 50.6 Å². The molecule has 22 heavy (non-hydrogen) atoms. The molecular formula is C15H13Cl2N3OS. The molecule has 0 spiro atoms. The van der Waals surface area contributed by atoms with Crippen LogP contribution in [0.25, 0.3) is 10.2 Å². The number of fused-ring (bicyclic) bond motifs is 1. The molecule has 3 aromatic rings. The Labute approximate surface area is 142 Å². The quantitative estimate of drug-likeness (QED) is 0.722. The topological polar surface area (TPSA) is 47.0 Å². The first-order valence-corrected chi connectivity index (χ1v) is 8.13. The smallest absolute Gasteiger partial charge is 0.139 e. The van der Waals surface area contributed by atoms with E-state index >= 15 is 0 Å². The molecule has 0 amide bonds. The Morgan fingerprint density at radius 1 is 1.27 bits per heavy atom. The third kappa shape index (κ3) is 2.84. The molecule has 4 nitrogen and oxygen atoms in total. The molecule has 2 aromatic heterocycles. The van der Waals surface area contributed by atoms with Gasteiger partial charge in [0.05, 0.1) is 22.5 Å². The summed E-state index contributed by atoms with van der Waals surface area (Å²) >= 11 is 14.0. The predicted octanol–water partition coefficient (Wildman–Crippen LogP) is 4.93. The van der Waals surface area contributed by atoms with Gasteiger partial charge in [-0.15, -0.1) is 11.3 Å². The van der Waals surface area contributed by atoms with Crippen molar-refractivity contribution in [3.8, 4) is 5.75 Å². The molecule has 0 aliphatic rings. The maximum atomic E-state index is 6.35. The lowest BCUT2D eigenvalue weighted by atomic mass is 10.2. The molecular weight excluding hydrogens is 341 g/mol. The lowest BCUT2D eigenvalue weighted by molar-refractivity contribution is 0.415. The van der Waals surface area contributed by atoms with Gasteiger partial charge in [-0.1, -0.05) is 29.3 Å². The zero-order valence-electron chi connectivity index (χ0n) is 12.0. The molecule has 0 aliphatic carbocycles. The Balaban J connectivity index is 1.86. The van der Waals surface area contributed by atoms with Gasteiger partial charge in [0.15, 0.2) is 0 Å². The number of thiophene rings is 1. The molecule has 0 unspecified atom stereocenters. The molecule has 0 bridgehead atoms. The molecule has 0 atom stereocenters. The number of ether oxygens (including phenoxy) is 1. The minimum Gasteiger partial charge on any atom is -0.495 e. The van der Waals surface area contributed by atoms with Crippen LogP contribution in [-0.4, -0.2) is 17.1 Å². The summed E-state index contributed by atoms with van der Waals surface area (Å²) in [7, 11) is 1.59. The maximum Gasteiger partial charge on any atom is 0.139 e. The molecule has 3 rings (SSSR count). The van der Waals surface area contributed by atoms with Crippen molar-refractivity contribution < 1.29 is 4.74 Å². The molecule has 114 valence electrons. The highest BCUT2D eigenvalue weighted by atomic mass is 35.5. The minimum atomic E-state index is 0.582. The lowest BCUT2D eigenvalue weighted by Crippen LogP contribution is -2.02. The Bertz CT molecular complexity index is 835. The molecule has 1 aromatic carbocycles. The number of hydrogen-bond acceptors (Lipinski definition) is 5. The van der Waals surface area contributed by atoms with Crippen molar-refractivity contribution in [1.29, 1.82) is 0 Å². The third-order valence-electron chi connectivity index (χ3n) is 3.27. The molecule has 0 saturated heterocycles. The van der Waals surface area contributed by atoms with E-state index in [4.69, 9.17) is 27.9 Å². The highest BCUT2D eigenvalue weighted by Crippen LogP contribution is 2.37. The Hall–Kier alpha value is -1.56. The summed E-state index contributed by atoms with van der Waals surface area (Å²) < 4.78 is 5.15. The first-order chi connectivity index (χ1) is 10.6. The summed E-state index contributed by atoms with van der Waals surface area (Å²) in [5.41, 5.74) is 1.03. The number of aromatic nitrogens is 2. The van der Waals surface area contributed by atoms with Crippen molar-refractivity contribution in [1.82, 2.24) is 9.97 Å². The summed E-state index contributed by atoms with van der Waals surface area (Å²) in [4.78, 5) is 10.5. The van der Waals surface area contributed by atoms with Crippen LogP contribution >= 0.6 is 34.5 Å². The second-order valence-corrected chi connectivity index (χ2v) is 6.69. The van der Waals surface area contributed by atoms with Gasteiger partial charge >= 0.3 is 0 Å². The number of rotatable bonds is 4. The van der Waals surface area contributed by atoms with Crippen LogP contribution in [0.4, 0.5) is 5.82 Å². The van der Waals surface area contributed by atoms with Gasteiger partial charge in [-0.25, -0.2) is 9.97 Å². The molecule has 2 heterocycles. The SMILES string of the molecule is COc1ccc(CNc2ncnc3sc(C)c(Cl)c23)cc1Cl. The maximum absolute atomic E-state index is 6.35. The predicted molar refractivity (Wildman–Crippen MR) is 92.5 cm³/mol. The van der Waals surface area contributed by atoms with E-state index in [0.717, 1.165) is 26.5 Å². The monoisotopic (exact) mass is 353 g/mol. The van der Waals surface area contributed by atoms with Gasteiger partial charge in [-0.3, -0.25) is 0 Å². The molecule has 0 aliphatic heterocycles. The van der Waals surface area contributed by atoms with E-state index in [9.17, 15) is 0 Å². The van der Waals surface area contributed by atoms with Gasteiger partial charge in [0.2, 0.25) is 0 Å². The summed E-state index contributed by atoms with van der Waals surface area (Å²) in [6, 6.07) is 5.67. The Morgan fingerprint density at radius 3 is 2.82 bits per heavy atom. The van der Waals surface area contributed by atoms with Crippen molar-refractivity contribution in [2.24, 2.45) is 0 Å². The van der Waals surface area contributed by atoms with Gasteiger partial charge in [0, 0.05) is 11.4 Å². The summed E-state index contributed by atoms with van der Waals surface area (Å²) in [6.07, 6.45) is 1.54. The zero-order chi connectivity index (χ0) is 15.7. The van der Waals surface area contributed by atoms with E-state index in [1.165, 1.54) is 6.33 Å². The van der Waals surface area contributed by atoms with Crippen molar-refractivity contribution in [3.63, 3.8) is 0 Å². The van der Waals surface area contributed by atoms with E-state index in [-0.39, 0.29) is 0 Å². The van der Waals surface area contributed by atoms with Gasteiger partial charge in [0.25, 0.3) is 0 Å². The van der Waals surface area contributed by atoms with Crippen molar-refractivity contribution in [2.75, 3.05) is 12.4 Å². The first kappa shape index (κ1) is 15.3. The van der Waals surface area contributed by atoms with Crippen LogP contribution in [0.15, 0.2) is 24.5 Å². The summed E-state index contributed by atoms with van der Waals surface area (Å²) in [5.74, 6) is 1.39. The van der Waals surface area contributed by atoms with E-state index in [0.29, 0.717) is 22.3 Å². The summed E-state index contributed by atoms with van der Waals surface area (Å²) in [6.45, 7) is 2.56. The second-order valence-electron chi connectivity index (χ2n) is 4.70. The van der Waals surface area contributed by atoms with Crippen molar-refractivity contribution in [3.05, 3.63) is 45.0 Å². The van der Waals surface area contributed by atoms with Crippen LogP contribution in [0.3, 0.4) is 0 Å². The lowest BCUT2D eigenvalue weighted by Gasteiger charge is -2.09. The number of hydrogen-bond donors (Lipinski definition) is 1. The largest absolute Gasteiger partial charge is 0.495 e. The van der Waals surface area contributed by atoms with Gasteiger partial charge in [-0.05, 0) is 24.6 Å². The van der Waals surface area contributed by atoms with Crippen LogP contribution in [0.2, 0.25) is 10.0 Å². The highest BCUT2D eigenvalue weighted by Gasteiger charge is 2.13. The Kier molecular flexibility index (Phi) is 4.38. The highest BCUT2D eigenvalue weighted by molar-refractivity contribution is 7.19. The Morgan fingerprint density at radius 2 is 2.09 bits per heavy atom. The number of nitrogens with one attached hydrogen (secondary N) is 1. The number of methoxy groups -OCH3 is 1. The molecule has 1 N–H and O–H groups in total. The molecule has 0 radical (unpaired) electrons. The number of benzene rings is 1. The summed E-state index contributed by atoms with van der Waals surface area (Å²) in [5, 5.41) is 5.45. The van der Waals surface area contributed by atoms with E-state index in [1.807, 2.05) is 25.1 Å². The van der Waals surface area contributed by atoms with Gasteiger partial charge < -0.3 is 10.1 Å². The standard InChI is InChI=1S/C15H13Cl2N3OS/c1-8-13(17)12-14(19-7-20-15(12)22-8)18-6-9-3-4-11(21-2)10(16)5-9/h3-5,7H,6H2,1-2H3,(H,18,19,20). The minimum absolute atomic E-state index is 0.582. The number of nitrogens with zero attached hydrogens (tertiary/aromatic N) is 2. The number of halogens is 2. The fourth-order valence-electron chi connectivity index (χ4n) is 2.15. The van der Waals surface area contributed by atoms with Crippen LogP contribution in [-0.2, 0) is 6.54 Å². The average Bonchev–Trinajstić information content (AvgIpc) is 2.81. The molecule has 0 fully saturated rings. The average molecular weight is 354 g/mol. The number of anilines is 1. The van der Waals surface area contributed by atoms with E-state index < -0.39 is 0 Å². The fourth-order valence-corrected chi connectivity index (χ4v) is 3.66. The van der Waals surface area contributed by atoms with Gasteiger partial charge in [-0.2, -0.15) is 0 Å². The van der Waals surface area contributed by atoms with Crippen LogP contribution in [0.5, 0.6) is 5.75 Å². The molecule has 0 saturated carbocycles. The first-order valence-electron chi connectivity index (χ1n) is 6.56. The fraction of sp³-hybridized carbons (Fsp3) is 0.200. The van der Waals surface area contributed by atoms with Crippen LogP contribution < -0.4 is 10.1 Å². The normalized spacial score (nSPS) is 10.9. The zero-order valence-corrected chi connectivity index (χ0v) is 14.3. The van der Waals surface area contributed by atoms with E-state index in [1.54, 1.807) is 18.4 Å². The second kappa shape index (κ2) is 6.28. The van der Waals surface area contributed by atoms with Crippen molar-refractivity contribution in [2.45, 2.75) is 13.5 Å². The van der Waals surface area contributed by atoms with E-state index in [2.05, 4.69) is 15.3 Å². The van der Waals surface area contributed by atoms with Crippen LogP contribution in [0, 0.1) is 6.92 Å². The van der Waals surface area contributed by atoms with Crippen LogP contribution in [0.1, 0.15) is 10.4 Å². The number of aryl methyl sites for hydroxylation is 1. The van der Waals surface area contributed by atoms with Gasteiger partial charge in [0.1, 0.15) is 22.7 Å². The molecule has 7 heteroatoms.